The quantitative estimate of drug-likeness (QED) is 0.483. The number of esters is 1. The molecule has 0 saturated carbocycles. The van der Waals surface area contributed by atoms with Crippen molar-refractivity contribution in [2.75, 3.05) is 26.8 Å². The highest BCUT2D eigenvalue weighted by Gasteiger charge is 2.56. The first-order valence-corrected chi connectivity index (χ1v) is 13.0. The summed E-state index contributed by atoms with van der Waals surface area (Å²) in [4.78, 5) is 15.1. The molecule has 156 valence electrons. The number of hydrogen-bond acceptors (Lipinski definition) is 5. The highest BCUT2D eigenvalue weighted by molar-refractivity contribution is 6.77. The van der Waals surface area contributed by atoms with Crippen LogP contribution in [0.2, 0.25) is 16.6 Å². The van der Waals surface area contributed by atoms with Crippen LogP contribution in [-0.2, 0) is 18.7 Å². The van der Waals surface area contributed by atoms with E-state index in [2.05, 4.69) is 46.4 Å². The number of nitrogens with zero attached hydrogens (tertiary/aromatic N) is 1. The van der Waals surface area contributed by atoms with Crippen LogP contribution >= 0.6 is 0 Å². The first-order valence-electron chi connectivity index (χ1n) is 10.8. The molecule has 5 nitrogen and oxygen atoms in total. The number of cyclic esters (lactones) is 1. The van der Waals surface area contributed by atoms with Crippen molar-refractivity contribution in [1.82, 2.24) is 4.90 Å². The van der Waals surface area contributed by atoms with Crippen molar-refractivity contribution in [3.63, 3.8) is 0 Å². The van der Waals surface area contributed by atoms with E-state index < -0.39 is 8.32 Å². The van der Waals surface area contributed by atoms with Crippen LogP contribution in [0, 0.1) is 11.8 Å². The zero-order chi connectivity index (χ0) is 19.9. The Balaban J connectivity index is 1.77. The Morgan fingerprint density at radius 2 is 1.78 bits per heavy atom. The molecule has 0 aliphatic carbocycles. The summed E-state index contributed by atoms with van der Waals surface area (Å²) in [6.07, 6.45) is 2.09. The third kappa shape index (κ3) is 3.63. The van der Waals surface area contributed by atoms with Crippen molar-refractivity contribution in [3.05, 3.63) is 0 Å². The molecule has 3 aliphatic rings. The van der Waals surface area contributed by atoms with Gasteiger partial charge in [-0.3, -0.25) is 9.69 Å². The lowest BCUT2D eigenvalue weighted by molar-refractivity contribution is -0.145. The van der Waals surface area contributed by atoms with E-state index in [-0.39, 0.29) is 30.0 Å². The minimum absolute atomic E-state index is 0.0000225. The molecular formula is C21H39NO4Si. The largest absolute Gasteiger partial charge is 0.459 e. The molecule has 3 rings (SSSR count). The fourth-order valence-corrected chi connectivity index (χ4v) is 11.9. The van der Waals surface area contributed by atoms with Gasteiger partial charge in [-0.15, -0.1) is 0 Å². The molecule has 0 N–H and O–H groups in total. The second-order valence-corrected chi connectivity index (χ2v) is 15.2. The third-order valence-electron chi connectivity index (χ3n) is 7.59. The van der Waals surface area contributed by atoms with Crippen LogP contribution in [-0.4, -0.2) is 64.2 Å². The maximum absolute atomic E-state index is 12.6. The van der Waals surface area contributed by atoms with Crippen LogP contribution in [0.25, 0.3) is 0 Å². The van der Waals surface area contributed by atoms with Crippen LogP contribution in [0.3, 0.4) is 0 Å². The molecule has 5 atom stereocenters. The zero-order valence-electron chi connectivity index (χ0n) is 18.2. The van der Waals surface area contributed by atoms with E-state index in [1.807, 2.05) is 0 Å². The first kappa shape index (κ1) is 21.3. The maximum Gasteiger partial charge on any atom is 0.309 e. The summed E-state index contributed by atoms with van der Waals surface area (Å²) in [6.45, 7) is 16.4. The van der Waals surface area contributed by atoms with Crippen molar-refractivity contribution >= 4 is 14.3 Å². The molecule has 3 fully saturated rings. The summed E-state index contributed by atoms with van der Waals surface area (Å²) in [5, 5.41) is 0. The monoisotopic (exact) mass is 397 g/mol. The highest BCUT2D eigenvalue weighted by atomic mass is 28.4. The Labute approximate surface area is 166 Å². The predicted molar refractivity (Wildman–Crippen MR) is 109 cm³/mol. The summed E-state index contributed by atoms with van der Waals surface area (Å²) in [6, 6.07) is 0.391. The van der Waals surface area contributed by atoms with Gasteiger partial charge in [0.25, 0.3) is 0 Å². The van der Waals surface area contributed by atoms with Gasteiger partial charge in [-0.2, -0.15) is 0 Å². The smallest absolute Gasteiger partial charge is 0.309 e. The van der Waals surface area contributed by atoms with Crippen LogP contribution < -0.4 is 0 Å². The molecule has 0 radical (unpaired) electrons. The number of rotatable bonds is 7. The molecule has 3 heterocycles. The predicted octanol–water partition coefficient (Wildman–Crippen LogP) is 3.83. The number of carbonyl (C=O) groups excluding carboxylic acids is 1. The number of carbonyl (C=O) groups is 1. The molecule has 0 amide bonds. The van der Waals surface area contributed by atoms with Gasteiger partial charge in [0.15, 0.2) is 0 Å². The van der Waals surface area contributed by atoms with Crippen LogP contribution in [0.15, 0.2) is 0 Å². The van der Waals surface area contributed by atoms with Gasteiger partial charge in [0, 0.05) is 25.6 Å². The molecule has 3 aliphatic heterocycles. The lowest BCUT2D eigenvalue weighted by Gasteiger charge is -2.44. The highest BCUT2D eigenvalue weighted by Crippen LogP contribution is 2.46. The van der Waals surface area contributed by atoms with Gasteiger partial charge in [0.05, 0.1) is 18.6 Å². The topological polar surface area (TPSA) is 48.0 Å². The summed E-state index contributed by atoms with van der Waals surface area (Å²) in [5.74, 6) is 0.299. The third-order valence-corrected chi connectivity index (χ3v) is 13.7. The van der Waals surface area contributed by atoms with Gasteiger partial charge in [0.2, 0.25) is 8.32 Å². The normalized spacial score (nSPS) is 34.4. The Bertz CT molecular complexity index is 517. The second-order valence-electron chi connectivity index (χ2n) is 9.73. The molecule has 0 bridgehead atoms. The van der Waals surface area contributed by atoms with E-state index >= 15 is 0 Å². The van der Waals surface area contributed by atoms with Crippen LogP contribution in [0.5, 0.6) is 0 Å². The average Bonchev–Trinajstić information content (AvgIpc) is 3.15. The minimum atomic E-state index is -1.96. The molecule has 0 aromatic rings. The number of methoxy groups -OCH3 is 1. The van der Waals surface area contributed by atoms with E-state index in [1.54, 1.807) is 7.11 Å². The summed E-state index contributed by atoms with van der Waals surface area (Å²) >= 11 is 0. The van der Waals surface area contributed by atoms with E-state index in [0.717, 1.165) is 25.9 Å². The molecule has 27 heavy (non-hydrogen) atoms. The SMILES string of the molecule is CO[C@H]1C[C@@H]2[C@@H]3[C@@H](CO[Si](C(C)C)(C(C)C)C(C)C)OC(=O)[C@@H]3CCN2C1. The van der Waals surface area contributed by atoms with E-state index in [4.69, 9.17) is 13.9 Å². The van der Waals surface area contributed by atoms with E-state index in [1.165, 1.54) is 0 Å². The first-order chi connectivity index (χ1) is 12.7. The molecule has 0 aromatic heterocycles. The molecule has 0 unspecified atom stereocenters. The second kappa shape index (κ2) is 8.13. The van der Waals surface area contributed by atoms with Gasteiger partial charge in [-0.05, 0) is 36.0 Å². The lowest BCUT2D eigenvalue weighted by atomic mass is 9.78. The van der Waals surface area contributed by atoms with E-state index in [9.17, 15) is 4.79 Å². The number of hydrogen-bond donors (Lipinski definition) is 0. The fourth-order valence-electron chi connectivity index (χ4n) is 6.45. The van der Waals surface area contributed by atoms with Gasteiger partial charge < -0.3 is 13.9 Å². The Kier molecular flexibility index (Phi) is 6.41. The van der Waals surface area contributed by atoms with Gasteiger partial charge >= 0.3 is 5.97 Å². The molecule has 6 heteroatoms. The molecule has 0 aromatic carbocycles. The van der Waals surface area contributed by atoms with Crippen LogP contribution in [0.4, 0.5) is 0 Å². The molecule has 3 saturated heterocycles. The number of ether oxygens (including phenoxy) is 2. The van der Waals surface area contributed by atoms with Crippen molar-refractivity contribution in [2.24, 2.45) is 11.8 Å². The summed E-state index contributed by atoms with van der Waals surface area (Å²) < 4.78 is 18.4. The van der Waals surface area contributed by atoms with E-state index in [0.29, 0.717) is 29.3 Å². The molecular weight excluding hydrogens is 358 g/mol. The lowest BCUT2D eigenvalue weighted by Crippen LogP contribution is -2.52. The standard InChI is InChI=1S/C21H39NO4Si/c1-13(2)27(14(3)4,15(5)6)25-12-19-20-17(21(23)26-19)8-9-22-11-16(24-7)10-18(20)22/h13-20H,8-12H2,1-7H3/t16-,17+,18+,19+,20+/m0/s1. The molecule has 0 spiro atoms. The van der Waals surface area contributed by atoms with Crippen molar-refractivity contribution < 1.29 is 18.7 Å². The summed E-state index contributed by atoms with van der Waals surface area (Å²) in [5.41, 5.74) is 1.62. The Hall–Kier alpha value is -0.433. The van der Waals surface area contributed by atoms with Crippen LogP contribution in [0.1, 0.15) is 54.4 Å². The van der Waals surface area contributed by atoms with Gasteiger partial charge in [0.1, 0.15) is 6.10 Å². The van der Waals surface area contributed by atoms with Crippen molar-refractivity contribution in [3.8, 4) is 0 Å². The van der Waals surface area contributed by atoms with Gasteiger partial charge in [-0.25, -0.2) is 0 Å². The zero-order valence-corrected chi connectivity index (χ0v) is 19.2. The van der Waals surface area contributed by atoms with Gasteiger partial charge in [-0.1, -0.05) is 41.5 Å². The Morgan fingerprint density at radius 1 is 1.15 bits per heavy atom. The minimum Gasteiger partial charge on any atom is -0.459 e. The van der Waals surface area contributed by atoms with Crippen molar-refractivity contribution in [2.45, 2.75) is 89.3 Å². The number of piperidine rings is 1. The Morgan fingerprint density at radius 3 is 2.33 bits per heavy atom. The van der Waals surface area contributed by atoms with Crippen molar-refractivity contribution in [1.29, 1.82) is 0 Å². The fraction of sp³-hybridized carbons (Fsp3) is 0.952. The summed E-state index contributed by atoms with van der Waals surface area (Å²) in [7, 11) is -0.160. The number of fused-ring (bicyclic) bond motifs is 3. The maximum atomic E-state index is 12.6. The average molecular weight is 398 g/mol.